The first-order chi connectivity index (χ1) is 8.79. The molecular weight excluding hydrogens is 252 g/mol. The number of amides is 2. The van der Waals surface area contributed by atoms with Gasteiger partial charge < -0.3 is 19.3 Å². The minimum Gasteiger partial charge on any atom is -0.466 e. The molecular formula is C12H20N2O5. The van der Waals surface area contributed by atoms with Gasteiger partial charge in [-0.2, -0.15) is 0 Å². The monoisotopic (exact) mass is 272 g/mol. The first-order valence-corrected chi connectivity index (χ1v) is 5.66. The van der Waals surface area contributed by atoms with Gasteiger partial charge in [-0.1, -0.05) is 0 Å². The highest BCUT2D eigenvalue weighted by Crippen LogP contribution is 2.00. The van der Waals surface area contributed by atoms with Crippen molar-refractivity contribution >= 4 is 18.0 Å². The van der Waals surface area contributed by atoms with E-state index < -0.39 is 11.9 Å². The highest BCUT2D eigenvalue weighted by atomic mass is 16.5. The highest BCUT2D eigenvalue weighted by molar-refractivity contribution is 5.91. The number of carbonyl (C=O) groups is 3. The first-order valence-electron chi connectivity index (χ1n) is 5.66. The van der Waals surface area contributed by atoms with Crippen LogP contribution in [-0.2, 0) is 19.1 Å². The molecule has 0 heterocycles. The Bertz CT molecular complexity index is 365. The number of esters is 2. The Hall–Kier alpha value is -2.05. The van der Waals surface area contributed by atoms with Crippen LogP contribution in [0.2, 0.25) is 0 Å². The van der Waals surface area contributed by atoms with Gasteiger partial charge in [-0.05, 0) is 6.92 Å². The molecule has 1 unspecified atom stereocenters. The summed E-state index contributed by atoms with van der Waals surface area (Å²) < 4.78 is 9.23. The van der Waals surface area contributed by atoms with E-state index in [4.69, 9.17) is 4.74 Å². The molecule has 0 spiro atoms. The molecule has 0 saturated carbocycles. The van der Waals surface area contributed by atoms with Gasteiger partial charge in [0, 0.05) is 33.3 Å². The summed E-state index contributed by atoms with van der Waals surface area (Å²) in [5, 5.41) is 0. The van der Waals surface area contributed by atoms with E-state index in [2.05, 4.69) is 4.74 Å². The van der Waals surface area contributed by atoms with Gasteiger partial charge in [-0.25, -0.2) is 14.4 Å². The summed E-state index contributed by atoms with van der Waals surface area (Å²) in [6.45, 7) is 1.79. The van der Waals surface area contributed by atoms with Crippen molar-refractivity contribution in [1.29, 1.82) is 0 Å². The van der Waals surface area contributed by atoms with Gasteiger partial charge in [0.2, 0.25) is 0 Å². The fourth-order valence-electron chi connectivity index (χ4n) is 1.07. The van der Waals surface area contributed by atoms with Gasteiger partial charge >= 0.3 is 18.0 Å². The maximum Gasteiger partial charge on any atom is 0.331 e. The van der Waals surface area contributed by atoms with Gasteiger partial charge in [0.05, 0.1) is 13.2 Å². The Balaban J connectivity index is 4.19. The molecule has 0 aliphatic carbocycles. The Morgan fingerprint density at radius 1 is 1.11 bits per heavy atom. The first kappa shape index (κ1) is 16.9. The summed E-state index contributed by atoms with van der Waals surface area (Å²) in [5.41, 5.74) is 0. The zero-order valence-corrected chi connectivity index (χ0v) is 11.9. The van der Waals surface area contributed by atoms with E-state index in [1.54, 1.807) is 28.1 Å². The Morgan fingerprint density at radius 2 is 1.63 bits per heavy atom. The standard InChI is InChI=1S/C12H20N2O5/c1-9(14(4)12(17)13(2)3)8-19-11(16)7-6-10(15)18-5/h6-7,9H,8H2,1-5H3/b7-6+. The highest BCUT2D eigenvalue weighted by Gasteiger charge is 2.18. The van der Waals surface area contributed by atoms with Crippen LogP contribution in [-0.4, -0.2) is 68.7 Å². The van der Waals surface area contributed by atoms with Gasteiger partial charge in [0.15, 0.2) is 0 Å². The van der Waals surface area contributed by atoms with Crippen LogP contribution in [0.25, 0.3) is 0 Å². The smallest absolute Gasteiger partial charge is 0.331 e. The topological polar surface area (TPSA) is 76.2 Å². The third kappa shape index (κ3) is 6.44. The summed E-state index contributed by atoms with van der Waals surface area (Å²) in [5.74, 6) is -1.30. The fraction of sp³-hybridized carbons (Fsp3) is 0.583. The van der Waals surface area contributed by atoms with Gasteiger partial charge in [0.1, 0.15) is 6.61 Å². The summed E-state index contributed by atoms with van der Waals surface area (Å²) in [7, 11) is 6.10. The number of ether oxygens (including phenoxy) is 2. The lowest BCUT2D eigenvalue weighted by molar-refractivity contribution is -0.140. The fourth-order valence-corrected chi connectivity index (χ4v) is 1.07. The van der Waals surface area contributed by atoms with E-state index in [0.29, 0.717) is 0 Å². The Labute approximate surface area is 112 Å². The number of likely N-dealkylation sites (N-methyl/N-ethyl adjacent to an activating group) is 1. The van der Waals surface area contributed by atoms with Crippen molar-refractivity contribution in [1.82, 2.24) is 9.80 Å². The third-order valence-corrected chi connectivity index (χ3v) is 2.37. The largest absolute Gasteiger partial charge is 0.466 e. The molecule has 1 atom stereocenters. The van der Waals surface area contributed by atoms with E-state index in [1.165, 1.54) is 16.9 Å². The average Bonchev–Trinajstić information content (AvgIpc) is 2.39. The molecule has 108 valence electrons. The molecule has 7 heteroatoms. The number of carbonyl (C=O) groups excluding carboxylic acids is 3. The molecule has 0 fully saturated rings. The second-order valence-electron chi connectivity index (χ2n) is 4.12. The number of hydrogen-bond acceptors (Lipinski definition) is 5. The minimum absolute atomic E-state index is 0.0421. The Morgan fingerprint density at radius 3 is 2.11 bits per heavy atom. The van der Waals surface area contributed by atoms with Crippen LogP contribution in [0.1, 0.15) is 6.92 Å². The summed E-state index contributed by atoms with van der Waals surface area (Å²) in [4.78, 5) is 36.5. The summed E-state index contributed by atoms with van der Waals surface area (Å²) in [6.07, 6.45) is 1.95. The molecule has 0 aromatic heterocycles. The van der Waals surface area contributed by atoms with Crippen LogP contribution in [0.4, 0.5) is 4.79 Å². The zero-order chi connectivity index (χ0) is 15.0. The molecule has 0 bridgehead atoms. The summed E-state index contributed by atoms with van der Waals surface area (Å²) in [6, 6.07) is -0.459. The quantitative estimate of drug-likeness (QED) is 0.530. The van der Waals surface area contributed by atoms with Gasteiger partial charge in [-0.3, -0.25) is 0 Å². The lowest BCUT2D eigenvalue weighted by Gasteiger charge is -2.27. The lowest BCUT2D eigenvalue weighted by atomic mass is 10.3. The van der Waals surface area contributed by atoms with E-state index in [-0.39, 0.29) is 18.7 Å². The van der Waals surface area contributed by atoms with Crippen LogP contribution in [0.3, 0.4) is 0 Å². The molecule has 0 saturated heterocycles. The zero-order valence-electron chi connectivity index (χ0n) is 11.9. The summed E-state index contributed by atoms with van der Waals surface area (Å²) >= 11 is 0. The van der Waals surface area contributed by atoms with Crippen LogP contribution < -0.4 is 0 Å². The molecule has 19 heavy (non-hydrogen) atoms. The molecule has 0 rings (SSSR count). The van der Waals surface area contributed by atoms with Gasteiger partial charge in [-0.15, -0.1) is 0 Å². The normalized spacial score (nSPS) is 11.8. The van der Waals surface area contributed by atoms with Crippen molar-refractivity contribution in [3.05, 3.63) is 12.2 Å². The molecule has 2 amide bonds. The maximum atomic E-state index is 11.6. The lowest BCUT2D eigenvalue weighted by Crippen LogP contribution is -2.43. The number of urea groups is 1. The molecule has 0 aromatic rings. The molecule has 7 nitrogen and oxygen atoms in total. The maximum absolute atomic E-state index is 11.6. The third-order valence-electron chi connectivity index (χ3n) is 2.37. The van der Waals surface area contributed by atoms with Crippen molar-refractivity contribution in [3.8, 4) is 0 Å². The van der Waals surface area contributed by atoms with Crippen LogP contribution in [0, 0.1) is 0 Å². The van der Waals surface area contributed by atoms with Crippen LogP contribution in [0.5, 0.6) is 0 Å². The molecule has 0 N–H and O–H groups in total. The second kappa shape index (κ2) is 8.12. The molecule has 0 aromatic carbocycles. The second-order valence-corrected chi connectivity index (χ2v) is 4.12. The van der Waals surface area contributed by atoms with Crippen molar-refractivity contribution in [2.75, 3.05) is 34.9 Å². The SMILES string of the molecule is COC(=O)/C=C/C(=O)OCC(C)N(C)C(=O)N(C)C. The van der Waals surface area contributed by atoms with Crippen molar-refractivity contribution < 1.29 is 23.9 Å². The molecule has 0 aliphatic rings. The van der Waals surface area contributed by atoms with Crippen molar-refractivity contribution in [2.45, 2.75) is 13.0 Å². The van der Waals surface area contributed by atoms with Crippen LogP contribution in [0.15, 0.2) is 12.2 Å². The number of methoxy groups -OCH3 is 1. The van der Waals surface area contributed by atoms with Gasteiger partial charge in [0.25, 0.3) is 0 Å². The van der Waals surface area contributed by atoms with E-state index in [9.17, 15) is 14.4 Å². The van der Waals surface area contributed by atoms with E-state index in [0.717, 1.165) is 12.2 Å². The number of nitrogens with zero attached hydrogens (tertiary/aromatic N) is 2. The predicted molar refractivity (Wildman–Crippen MR) is 68.4 cm³/mol. The predicted octanol–water partition coefficient (Wildman–Crippen LogP) is 0.261. The van der Waals surface area contributed by atoms with Crippen molar-refractivity contribution in [2.24, 2.45) is 0 Å². The number of rotatable bonds is 5. The van der Waals surface area contributed by atoms with E-state index in [1.807, 2.05) is 0 Å². The van der Waals surface area contributed by atoms with Crippen LogP contribution >= 0.6 is 0 Å². The minimum atomic E-state index is -0.664. The molecule has 0 aliphatic heterocycles. The Kier molecular flexibility index (Phi) is 7.25. The number of hydrogen-bond donors (Lipinski definition) is 0. The average molecular weight is 272 g/mol. The van der Waals surface area contributed by atoms with Crippen molar-refractivity contribution in [3.63, 3.8) is 0 Å². The van der Waals surface area contributed by atoms with E-state index >= 15 is 0 Å². The molecule has 0 radical (unpaired) electrons.